The summed E-state index contributed by atoms with van der Waals surface area (Å²) in [5.74, 6) is 1.49. The highest BCUT2D eigenvalue weighted by Crippen LogP contribution is 2.20. The molecular formula is C16H23N5O3S. The van der Waals surface area contributed by atoms with E-state index in [1.54, 1.807) is 6.07 Å². The summed E-state index contributed by atoms with van der Waals surface area (Å²) in [6.07, 6.45) is 2.36. The average Bonchev–Trinajstić information content (AvgIpc) is 3.30. The summed E-state index contributed by atoms with van der Waals surface area (Å²) in [5.41, 5.74) is 0. The van der Waals surface area contributed by atoms with Crippen LogP contribution in [0.1, 0.15) is 29.7 Å². The van der Waals surface area contributed by atoms with Gasteiger partial charge in [-0.15, -0.1) is 0 Å². The van der Waals surface area contributed by atoms with E-state index in [1.807, 2.05) is 13.0 Å². The summed E-state index contributed by atoms with van der Waals surface area (Å²) in [4.78, 5) is 18.7. The number of ether oxygens (including phenoxy) is 1. The first-order chi connectivity index (χ1) is 12.2. The highest BCUT2D eigenvalue weighted by Gasteiger charge is 2.16. The molecule has 2 N–H and O–H groups in total. The highest BCUT2D eigenvalue weighted by atomic mass is 32.2. The van der Waals surface area contributed by atoms with Gasteiger partial charge in [0.15, 0.2) is 10.9 Å². The van der Waals surface area contributed by atoms with Crippen molar-refractivity contribution in [1.82, 2.24) is 25.4 Å². The third-order valence-electron chi connectivity index (χ3n) is 3.99. The Morgan fingerprint density at radius 3 is 3.04 bits per heavy atom. The number of hydrogen-bond donors (Lipinski definition) is 2. The Morgan fingerprint density at radius 2 is 2.28 bits per heavy atom. The van der Waals surface area contributed by atoms with E-state index >= 15 is 0 Å². The smallest absolute Gasteiger partial charge is 0.287 e. The van der Waals surface area contributed by atoms with Crippen molar-refractivity contribution in [3.63, 3.8) is 0 Å². The SMILES string of the molecule is CC(CCN1CCOCC1)NC(=O)c1ccc(CSc2ncn[nH]2)o1. The molecule has 9 heteroatoms. The number of rotatable bonds is 8. The number of nitrogens with one attached hydrogen (secondary N) is 2. The van der Waals surface area contributed by atoms with E-state index in [4.69, 9.17) is 9.15 Å². The molecule has 0 radical (unpaired) electrons. The van der Waals surface area contributed by atoms with Crippen LogP contribution in [-0.2, 0) is 10.5 Å². The largest absolute Gasteiger partial charge is 0.455 e. The minimum absolute atomic E-state index is 0.0902. The molecule has 25 heavy (non-hydrogen) atoms. The maximum absolute atomic E-state index is 12.3. The summed E-state index contributed by atoms with van der Waals surface area (Å²) < 4.78 is 11.0. The summed E-state index contributed by atoms with van der Waals surface area (Å²) in [7, 11) is 0. The quantitative estimate of drug-likeness (QED) is 0.685. The summed E-state index contributed by atoms with van der Waals surface area (Å²) in [6.45, 7) is 6.49. The molecule has 0 aromatic carbocycles. The lowest BCUT2D eigenvalue weighted by molar-refractivity contribution is 0.0362. The first kappa shape index (κ1) is 18.0. The van der Waals surface area contributed by atoms with Gasteiger partial charge < -0.3 is 14.5 Å². The lowest BCUT2D eigenvalue weighted by Gasteiger charge is -2.27. The minimum Gasteiger partial charge on any atom is -0.455 e. The van der Waals surface area contributed by atoms with Gasteiger partial charge in [-0.05, 0) is 25.5 Å². The number of aromatic nitrogens is 3. The van der Waals surface area contributed by atoms with Crippen LogP contribution in [-0.4, -0.2) is 64.9 Å². The molecule has 3 heterocycles. The van der Waals surface area contributed by atoms with Crippen LogP contribution in [0, 0.1) is 0 Å². The van der Waals surface area contributed by atoms with Gasteiger partial charge in [0.1, 0.15) is 12.1 Å². The lowest BCUT2D eigenvalue weighted by atomic mass is 10.2. The molecule has 0 saturated carbocycles. The van der Waals surface area contributed by atoms with Crippen LogP contribution >= 0.6 is 11.8 Å². The number of aromatic amines is 1. The fraction of sp³-hybridized carbons (Fsp3) is 0.562. The topological polar surface area (TPSA) is 96.3 Å². The fourth-order valence-corrected chi connectivity index (χ4v) is 3.22. The zero-order valence-corrected chi connectivity index (χ0v) is 15.1. The van der Waals surface area contributed by atoms with E-state index in [1.165, 1.54) is 18.1 Å². The Balaban J connectivity index is 1.41. The molecule has 2 aromatic heterocycles. The van der Waals surface area contributed by atoms with Gasteiger partial charge >= 0.3 is 0 Å². The van der Waals surface area contributed by atoms with Crippen LogP contribution < -0.4 is 5.32 Å². The molecule has 1 unspecified atom stereocenters. The lowest BCUT2D eigenvalue weighted by Crippen LogP contribution is -2.40. The zero-order valence-electron chi connectivity index (χ0n) is 14.2. The second kappa shape index (κ2) is 9.02. The highest BCUT2D eigenvalue weighted by molar-refractivity contribution is 7.98. The minimum atomic E-state index is -0.176. The van der Waals surface area contributed by atoms with Gasteiger partial charge in [0.05, 0.1) is 19.0 Å². The van der Waals surface area contributed by atoms with Crippen LogP contribution in [0.3, 0.4) is 0 Å². The predicted molar refractivity (Wildman–Crippen MR) is 93.5 cm³/mol. The van der Waals surface area contributed by atoms with Crippen LogP contribution in [0.25, 0.3) is 0 Å². The van der Waals surface area contributed by atoms with Crippen molar-refractivity contribution < 1.29 is 13.9 Å². The molecule has 1 amide bonds. The summed E-state index contributed by atoms with van der Waals surface area (Å²) >= 11 is 1.47. The van der Waals surface area contributed by atoms with E-state index in [9.17, 15) is 4.79 Å². The number of carbonyl (C=O) groups excluding carboxylic acids is 1. The second-order valence-electron chi connectivity index (χ2n) is 5.96. The van der Waals surface area contributed by atoms with Gasteiger partial charge in [-0.2, -0.15) is 5.10 Å². The van der Waals surface area contributed by atoms with Crippen LogP contribution in [0.2, 0.25) is 0 Å². The molecule has 0 bridgehead atoms. The maximum atomic E-state index is 12.3. The molecule has 1 saturated heterocycles. The van der Waals surface area contributed by atoms with Crippen molar-refractivity contribution >= 4 is 17.7 Å². The number of thioether (sulfide) groups is 1. The van der Waals surface area contributed by atoms with Crippen molar-refractivity contribution in [2.75, 3.05) is 32.8 Å². The maximum Gasteiger partial charge on any atom is 0.287 e. The van der Waals surface area contributed by atoms with E-state index in [-0.39, 0.29) is 11.9 Å². The van der Waals surface area contributed by atoms with Crippen LogP contribution in [0.4, 0.5) is 0 Å². The monoisotopic (exact) mass is 365 g/mol. The molecule has 0 aliphatic carbocycles. The predicted octanol–water partition coefficient (Wildman–Crippen LogP) is 1.53. The Kier molecular flexibility index (Phi) is 6.48. The molecule has 8 nitrogen and oxygen atoms in total. The standard InChI is InChI=1S/C16H23N5O3S/c1-12(4-5-21-6-8-23-9-7-21)19-15(22)14-3-2-13(24-14)10-25-16-17-11-18-20-16/h2-3,11-12H,4-10H2,1H3,(H,19,22)(H,17,18,20). The first-order valence-corrected chi connectivity index (χ1v) is 9.37. The molecule has 136 valence electrons. The van der Waals surface area contributed by atoms with E-state index < -0.39 is 0 Å². The number of amides is 1. The van der Waals surface area contributed by atoms with E-state index in [0.29, 0.717) is 11.5 Å². The number of nitrogens with zero attached hydrogens (tertiary/aromatic N) is 3. The molecule has 1 atom stereocenters. The Morgan fingerprint density at radius 1 is 1.44 bits per heavy atom. The number of carbonyl (C=O) groups is 1. The van der Waals surface area contributed by atoms with Gasteiger partial charge in [0.2, 0.25) is 0 Å². The van der Waals surface area contributed by atoms with Crippen molar-refractivity contribution in [2.45, 2.75) is 30.3 Å². The Hall–Kier alpha value is -1.84. The molecule has 1 aliphatic heterocycles. The van der Waals surface area contributed by atoms with Crippen molar-refractivity contribution in [2.24, 2.45) is 0 Å². The van der Waals surface area contributed by atoms with Crippen LogP contribution in [0.15, 0.2) is 28.0 Å². The second-order valence-corrected chi connectivity index (χ2v) is 6.93. The van der Waals surface area contributed by atoms with E-state index in [2.05, 4.69) is 25.4 Å². The van der Waals surface area contributed by atoms with Crippen molar-refractivity contribution in [1.29, 1.82) is 0 Å². The molecule has 1 aliphatic rings. The average molecular weight is 365 g/mol. The van der Waals surface area contributed by atoms with Gasteiger partial charge in [0, 0.05) is 25.7 Å². The number of morpholine rings is 1. The van der Waals surface area contributed by atoms with Gasteiger partial charge in [-0.25, -0.2) is 4.98 Å². The molecule has 3 rings (SSSR count). The van der Waals surface area contributed by atoms with Gasteiger partial charge in [-0.1, -0.05) is 11.8 Å². The zero-order chi connectivity index (χ0) is 17.5. The third-order valence-corrected chi connectivity index (χ3v) is 4.89. The van der Waals surface area contributed by atoms with Crippen molar-refractivity contribution in [3.8, 4) is 0 Å². The summed E-state index contributed by atoms with van der Waals surface area (Å²) in [6, 6.07) is 3.62. The molecular weight excluding hydrogens is 342 g/mol. The number of furan rings is 1. The molecule has 1 fully saturated rings. The normalized spacial score (nSPS) is 16.7. The van der Waals surface area contributed by atoms with Gasteiger partial charge in [0.25, 0.3) is 5.91 Å². The third kappa shape index (κ3) is 5.58. The summed E-state index contributed by atoms with van der Waals surface area (Å²) in [5, 5.41) is 10.3. The van der Waals surface area contributed by atoms with Crippen LogP contribution in [0.5, 0.6) is 0 Å². The van der Waals surface area contributed by atoms with Crippen molar-refractivity contribution in [3.05, 3.63) is 30.0 Å². The fourth-order valence-electron chi connectivity index (χ4n) is 2.55. The molecule has 0 spiro atoms. The number of H-pyrrole nitrogens is 1. The Labute approximate surface area is 150 Å². The first-order valence-electron chi connectivity index (χ1n) is 8.38. The van der Waals surface area contributed by atoms with Gasteiger partial charge in [-0.3, -0.25) is 14.8 Å². The Bertz CT molecular complexity index is 655. The molecule has 2 aromatic rings. The number of hydrogen-bond acceptors (Lipinski definition) is 7. The van der Waals surface area contributed by atoms with E-state index in [0.717, 1.165) is 50.2 Å².